The molecular weight excluding hydrogens is 1010 g/mol. The van der Waals surface area contributed by atoms with E-state index in [4.69, 9.17) is 0 Å². The molecule has 0 unspecified atom stereocenters. The molecule has 0 spiro atoms. The third-order valence-corrected chi connectivity index (χ3v) is 18.9. The van der Waals surface area contributed by atoms with Crippen LogP contribution in [-0.2, 0) is 9.59 Å². The summed E-state index contributed by atoms with van der Waals surface area (Å²) in [5.74, 6) is -1.21. The average molecular weight is 1080 g/mol. The molecule has 6 aromatic rings. The molecule has 4 aliphatic heterocycles. The Hall–Kier alpha value is -6.76. The second-order valence-corrected chi connectivity index (χ2v) is 23.6. The fourth-order valence-electron chi connectivity index (χ4n) is 12.1. The van der Waals surface area contributed by atoms with Gasteiger partial charge in [-0.2, -0.15) is 0 Å². The number of rotatable bonds is 24. The smallest absolute Gasteiger partial charge is 0.261 e. The summed E-state index contributed by atoms with van der Waals surface area (Å²) in [7, 11) is 0. The minimum Gasteiger partial charge on any atom is -0.308 e. The molecule has 0 atom stereocenters. The Morgan fingerprint density at radius 1 is 0.333 bits per heavy atom. The average Bonchev–Trinajstić information content (AvgIpc) is 4.52. The molecule has 0 N–H and O–H groups in total. The quantitative estimate of drug-likeness (QED) is 0.0339. The SMILES string of the molecule is CCCCCCCCN1C(=O)/C(=C2\C(=O)N(CCCCCCCC)c3cc(-c4ccc(-c5ccc6c(c5)C(=O)N(C(CC)CC)C6=O)s4)ccc32)c2ccc(-c3ccc(-c4ccc5c(c4)C(=O)N(C(CC)CC)C5=O)s3)cc21. The van der Waals surface area contributed by atoms with E-state index in [2.05, 4.69) is 62.4 Å². The van der Waals surface area contributed by atoms with Crippen molar-refractivity contribution >= 4 is 80.6 Å². The molecule has 0 radical (unpaired) electrons. The summed E-state index contributed by atoms with van der Waals surface area (Å²) in [6.07, 6.45) is 15.7. The van der Waals surface area contributed by atoms with Gasteiger partial charge in [0.25, 0.3) is 35.4 Å². The number of anilines is 2. The number of hydrogen-bond donors (Lipinski definition) is 0. The Labute approximate surface area is 468 Å². The van der Waals surface area contributed by atoms with Crippen molar-refractivity contribution in [2.75, 3.05) is 22.9 Å². The van der Waals surface area contributed by atoms with E-state index in [0.29, 0.717) is 72.2 Å². The second kappa shape index (κ2) is 23.7. The summed E-state index contributed by atoms with van der Waals surface area (Å²) in [6.45, 7) is 13.5. The second-order valence-electron chi connectivity index (χ2n) is 21.4. The number of amides is 6. The van der Waals surface area contributed by atoms with Gasteiger partial charge in [0.15, 0.2) is 0 Å². The summed E-state index contributed by atoms with van der Waals surface area (Å²) in [5, 5.41) is 0. The van der Waals surface area contributed by atoms with Crippen molar-refractivity contribution in [1.29, 1.82) is 0 Å². The molecule has 10 rings (SSSR count). The van der Waals surface area contributed by atoms with Gasteiger partial charge in [-0.1, -0.05) is 142 Å². The zero-order valence-corrected chi connectivity index (χ0v) is 47.8. The number of nitrogens with zero attached hydrogens (tertiary/aromatic N) is 4. The number of unbranched alkanes of at least 4 members (excludes halogenated alkanes) is 10. The first-order valence-corrected chi connectivity index (χ1v) is 30.5. The molecule has 78 heavy (non-hydrogen) atoms. The topological polar surface area (TPSA) is 115 Å². The number of imide groups is 2. The van der Waals surface area contributed by atoms with Gasteiger partial charge in [0.05, 0.1) is 44.8 Å². The Kier molecular flexibility index (Phi) is 16.6. The number of carbonyl (C=O) groups is 6. The first kappa shape index (κ1) is 54.6. The van der Waals surface area contributed by atoms with E-state index in [1.807, 2.05) is 73.9 Å². The Morgan fingerprint density at radius 2 is 0.641 bits per heavy atom. The lowest BCUT2D eigenvalue weighted by Crippen LogP contribution is -2.39. The lowest BCUT2D eigenvalue weighted by molar-refractivity contribution is -0.114. The molecule has 4 aromatic carbocycles. The van der Waals surface area contributed by atoms with Crippen LogP contribution >= 0.6 is 22.7 Å². The van der Waals surface area contributed by atoms with Crippen LogP contribution in [-0.4, -0.2) is 70.4 Å². The third-order valence-electron chi connectivity index (χ3n) is 16.6. The Balaban J connectivity index is 0.991. The number of thiophene rings is 2. The van der Waals surface area contributed by atoms with Gasteiger partial charge in [-0.05, 0) is 121 Å². The largest absolute Gasteiger partial charge is 0.308 e. The molecule has 0 saturated heterocycles. The highest BCUT2D eigenvalue weighted by Crippen LogP contribution is 2.50. The fraction of sp³-hybridized carbons (Fsp3) is 0.394. The maximum absolute atomic E-state index is 15.2. The molecular formula is C66H72N4O6S2. The summed E-state index contributed by atoms with van der Waals surface area (Å²) >= 11 is 3.21. The van der Waals surface area contributed by atoms with Crippen molar-refractivity contribution in [3.63, 3.8) is 0 Å². The van der Waals surface area contributed by atoms with Gasteiger partial charge in [-0.3, -0.25) is 38.6 Å². The van der Waals surface area contributed by atoms with E-state index in [-0.39, 0.29) is 47.5 Å². The van der Waals surface area contributed by atoms with E-state index in [1.54, 1.807) is 34.8 Å². The van der Waals surface area contributed by atoms with Gasteiger partial charge in [-0.15, -0.1) is 22.7 Å². The van der Waals surface area contributed by atoms with Crippen LogP contribution in [0.2, 0.25) is 0 Å². The van der Waals surface area contributed by atoms with Crippen molar-refractivity contribution < 1.29 is 28.8 Å². The molecule has 0 saturated carbocycles. The van der Waals surface area contributed by atoms with E-state index in [9.17, 15) is 19.2 Å². The first-order valence-electron chi connectivity index (χ1n) is 28.9. The van der Waals surface area contributed by atoms with Crippen molar-refractivity contribution in [2.24, 2.45) is 0 Å². The van der Waals surface area contributed by atoms with Gasteiger partial charge in [0.1, 0.15) is 0 Å². The van der Waals surface area contributed by atoms with E-state index in [0.717, 1.165) is 128 Å². The molecule has 0 bridgehead atoms. The molecule has 0 fully saturated rings. The molecule has 6 heterocycles. The van der Waals surface area contributed by atoms with E-state index >= 15 is 9.59 Å². The van der Waals surface area contributed by atoms with Gasteiger partial charge >= 0.3 is 0 Å². The van der Waals surface area contributed by atoms with Gasteiger partial charge in [0, 0.05) is 55.8 Å². The van der Waals surface area contributed by atoms with Crippen LogP contribution in [0, 0.1) is 0 Å². The van der Waals surface area contributed by atoms with Crippen LogP contribution < -0.4 is 9.80 Å². The highest BCUT2D eigenvalue weighted by Gasteiger charge is 2.44. The monoisotopic (exact) mass is 1080 g/mol. The molecule has 2 aromatic heterocycles. The maximum Gasteiger partial charge on any atom is 0.261 e. The summed E-state index contributed by atoms with van der Waals surface area (Å²) in [5.41, 5.74) is 9.47. The standard InChI is InChI=1S/C66H72N4O6S2/c1-7-13-15-17-19-21-35-67-53-39-43(57-33-31-55(77-57)41-23-27-47-51(37-41)63(73)69(61(47)71)45(9-3)10-4)25-29-49(53)59(65(67)75)60-50-30-26-44(40-54(50)68(66(60)76)36-22-20-18-16-14-8-2)58-34-32-56(78-58)42-24-28-48-52(38-42)64(74)70(62(48)72)46(11-5)12-6/h23-34,37-40,45-46H,7-22,35-36H2,1-6H3/b60-59-. The Bertz CT molecular complexity index is 3140. The molecule has 10 nitrogen and oxygen atoms in total. The molecule has 404 valence electrons. The zero-order chi connectivity index (χ0) is 54.8. The number of carbonyl (C=O) groups excluding carboxylic acids is 6. The first-order chi connectivity index (χ1) is 38.0. The molecule has 6 amide bonds. The third kappa shape index (κ3) is 10.0. The highest BCUT2D eigenvalue weighted by atomic mass is 32.1. The lowest BCUT2D eigenvalue weighted by atomic mass is 9.95. The summed E-state index contributed by atoms with van der Waals surface area (Å²) in [4.78, 5) is 95.1. The molecule has 0 aliphatic carbocycles. The van der Waals surface area contributed by atoms with E-state index in [1.165, 1.54) is 22.6 Å². The minimum absolute atomic E-state index is 0.137. The number of fused-ring (bicyclic) bond motifs is 4. The normalized spacial score (nSPS) is 15.8. The number of hydrogen-bond acceptors (Lipinski definition) is 8. The lowest BCUT2D eigenvalue weighted by Gasteiger charge is -2.23. The van der Waals surface area contributed by atoms with Crippen LogP contribution in [0.4, 0.5) is 11.4 Å². The maximum atomic E-state index is 15.2. The van der Waals surface area contributed by atoms with Crippen molar-refractivity contribution in [1.82, 2.24) is 9.80 Å². The van der Waals surface area contributed by atoms with Crippen molar-refractivity contribution in [2.45, 2.75) is 156 Å². The summed E-state index contributed by atoms with van der Waals surface area (Å²) in [6, 6.07) is 31.5. The van der Waals surface area contributed by atoms with Crippen LogP contribution in [0.5, 0.6) is 0 Å². The van der Waals surface area contributed by atoms with Crippen LogP contribution in [0.15, 0.2) is 97.1 Å². The molecule has 12 heteroatoms. The van der Waals surface area contributed by atoms with Gasteiger partial charge < -0.3 is 9.80 Å². The van der Waals surface area contributed by atoms with Crippen LogP contribution in [0.25, 0.3) is 52.9 Å². The fourth-order valence-corrected chi connectivity index (χ4v) is 14.1. The Morgan fingerprint density at radius 3 is 0.987 bits per heavy atom. The van der Waals surface area contributed by atoms with Gasteiger partial charge in [-0.25, -0.2) is 0 Å². The van der Waals surface area contributed by atoms with Crippen LogP contribution in [0.3, 0.4) is 0 Å². The van der Waals surface area contributed by atoms with E-state index < -0.39 is 0 Å². The zero-order valence-electron chi connectivity index (χ0n) is 46.2. The summed E-state index contributed by atoms with van der Waals surface area (Å²) < 4.78 is 0. The van der Waals surface area contributed by atoms with Crippen LogP contribution in [0.1, 0.15) is 197 Å². The van der Waals surface area contributed by atoms with Crippen molar-refractivity contribution in [3.8, 4) is 41.8 Å². The van der Waals surface area contributed by atoms with Gasteiger partial charge in [0.2, 0.25) is 0 Å². The highest BCUT2D eigenvalue weighted by molar-refractivity contribution is 7.19. The molecule has 4 aliphatic rings. The van der Waals surface area contributed by atoms with Crippen molar-refractivity contribution in [3.05, 3.63) is 130 Å². The predicted octanol–water partition coefficient (Wildman–Crippen LogP) is 16.4. The predicted molar refractivity (Wildman–Crippen MR) is 318 cm³/mol. The number of benzene rings is 4. The minimum atomic E-state index is -0.233.